The highest BCUT2D eigenvalue weighted by molar-refractivity contribution is 5.98. The zero-order valence-electron chi connectivity index (χ0n) is 13.3. The molecule has 0 spiro atoms. The Balaban J connectivity index is 2.77. The largest absolute Gasteiger partial charge is 0.465 e. The number of ether oxygens (including phenoxy) is 2. The van der Waals surface area contributed by atoms with Crippen LogP contribution in [-0.2, 0) is 19.1 Å². The van der Waals surface area contributed by atoms with Crippen LogP contribution >= 0.6 is 0 Å². The van der Waals surface area contributed by atoms with Gasteiger partial charge in [-0.1, -0.05) is 20.8 Å². The molecule has 1 rings (SSSR count). The van der Waals surface area contributed by atoms with Gasteiger partial charge < -0.3 is 14.4 Å². The molecule has 5 heteroatoms. The predicted molar refractivity (Wildman–Crippen MR) is 76.1 cm³/mol. The Bertz CT molecular complexity index is 348. The molecule has 20 heavy (non-hydrogen) atoms. The van der Waals surface area contributed by atoms with E-state index in [0.717, 1.165) is 6.42 Å². The molecule has 2 unspecified atom stereocenters. The molecule has 1 amide bonds. The van der Waals surface area contributed by atoms with Gasteiger partial charge in [-0.15, -0.1) is 0 Å². The van der Waals surface area contributed by atoms with Crippen LogP contribution in [0.1, 0.15) is 34.1 Å². The minimum atomic E-state index is -0.733. The van der Waals surface area contributed by atoms with Crippen molar-refractivity contribution in [3.05, 3.63) is 0 Å². The highest BCUT2D eigenvalue weighted by atomic mass is 16.5. The van der Waals surface area contributed by atoms with E-state index in [-0.39, 0.29) is 5.91 Å². The molecule has 0 aliphatic carbocycles. The SMILES string of the molecule is CCOC(=O)C(C(=O)N1CCC(COC)C1)C(C)(C)C. The van der Waals surface area contributed by atoms with Gasteiger partial charge in [-0.2, -0.15) is 0 Å². The summed E-state index contributed by atoms with van der Waals surface area (Å²) in [4.78, 5) is 26.5. The lowest BCUT2D eigenvalue weighted by Gasteiger charge is -2.31. The Morgan fingerprint density at radius 3 is 2.50 bits per heavy atom. The molecule has 1 aliphatic heterocycles. The molecule has 1 fully saturated rings. The van der Waals surface area contributed by atoms with E-state index in [0.29, 0.717) is 32.2 Å². The van der Waals surface area contributed by atoms with Crippen molar-refractivity contribution in [3.8, 4) is 0 Å². The number of esters is 1. The maximum atomic E-state index is 12.6. The summed E-state index contributed by atoms with van der Waals surface area (Å²) < 4.78 is 10.2. The van der Waals surface area contributed by atoms with Crippen LogP contribution in [-0.4, -0.2) is 50.2 Å². The highest BCUT2D eigenvalue weighted by Gasteiger charge is 2.42. The van der Waals surface area contributed by atoms with Crippen molar-refractivity contribution < 1.29 is 19.1 Å². The van der Waals surface area contributed by atoms with E-state index < -0.39 is 17.3 Å². The number of hydrogen-bond acceptors (Lipinski definition) is 4. The van der Waals surface area contributed by atoms with Gasteiger partial charge in [-0.05, 0) is 18.8 Å². The molecule has 0 saturated carbocycles. The van der Waals surface area contributed by atoms with Crippen LogP contribution in [0.4, 0.5) is 0 Å². The fourth-order valence-electron chi connectivity index (χ4n) is 2.64. The van der Waals surface area contributed by atoms with E-state index in [1.807, 2.05) is 20.8 Å². The molecule has 0 bridgehead atoms. The zero-order chi connectivity index (χ0) is 15.3. The van der Waals surface area contributed by atoms with Crippen molar-refractivity contribution in [1.29, 1.82) is 0 Å². The van der Waals surface area contributed by atoms with Crippen molar-refractivity contribution in [2.24, 2.45) is 17.3 Å². The van der Waals surface area contributed by atoms with Gasteiger partial charge in [0.1, 0.15) is 5.92 Å². The van der Waals surface area contributed by atoms with Gasteiger partial charge in [0.25, 0.3) is 0 Å². The van der Waals surface area contributed by atoms with E-state index in [2.05, 4.69) is 0 Å². The number of amides is 1. The average Bonchev–Trinajstić information content (AvgIpc) is 2.76. The second-order valence-electron chi connectivity index (χ2n) is 6.45. The van der Waals surface area contributed by atoms with Gasteiger partial charge >= 0.3 is 5.97 Å². The standard InChI is InChI=1S/C15H27NO4/c1-6-20-14(18)12(15(2,3)4)13(17)16-8-7-11(9-16)10-19-5/h11-12H,6-10H2,1-5H3. The first-order chi connectivity index (χ1) is 9.31. The van der Waals surface area contributed by atoms with Crippen molar-refractivity contribution >= 4 is 11.9 Å². The molecule has 5 nitrogen and oxygen atoms in total. The third-order valence-electron chi connectivity index (χ3n) is 3.64. The maximum absolute atomic E-state index is 12.6. The highest BCUT2D eigenvalue weighted by Crippen LogP contribution is 2.31. The van der Waals surface area contributed by atoms with Crippen LogP contribution in [0.2, 0.25) is 0 Å². The zero-order valence-corrected chi connectivity index (χ0v) is 13.3. The molecular weight excluding hydrogens is 258 g/mol. The fraction of sp³-hybridized carbons (Fsp3) is 0.867. The molecule has 116 valence electrons. The molecule has 0 aromatic carbocycles. The first-order valence-electron chi connectivity index (χ1n) is 7.25. The second-order valence-corrected chi connectivity index (χ2v) is 6.45. The van der Waals surface area contributed by atoms with Crippen LogP contribution in [0.5, 0.6) is 0 Å². The van der Waals surface area contributed by atoms with Gasteiger partial charge in [0.15, 0.2) is 0 Å². The van der Waals surface area contributed by atoms with Crippen molar-refractivity contribution in [3.63, 3.8) is 0 Å². The Labute approximate surface area is 121 Å². The topological polar surface area (TPSA) is 55.8 Å². The Morgan fingerprint density at radius 2 is 2.00 bits per heavy atom. The van der Waals surface area contributed by atoms with Gasteiger partial charge in [-0.25, -0.2) is 0 Å². The van der Waals surface area contributed by atoms with Crippen molar-refractivity contribution in [1.82, 2.24) is 4.90 Å². The van der Waals surface area contributed by atoms with E-state index in [1.165, 1.54) is 0 Å². The van der Waals surface area contributed by atoms with Crippen LogP contribution in [0.15, 0.2) is 0 Å². The first kappa shape index (κ1) is 17.0. The summed E-state index contributed by atoms with van der Waals surface area (Å²) in [7, 11) is 1.67. The Kier molecular flexibility index (Phi) is 5.99. The van der Waals surface area contributed by atoms with E-state index in [9.17, 15) is 9.59 Å². The summed E-state index contributed by atoms with van der Waals surface area (Å²) in [5.74, 6) is -0.898. The number of carbonyl (C=O) groups excluding carboxylic acids is 2. The average molecular weight is 285 g/mol. The number of likely N-dealkylation sites (tertiary alicyclic amines) is 1. The molecule has 0 N–H and O–H groups in total. The Morgan fingerprint density at radius 1 is 1.35 bits per heavy atom. The third-order valence-corrected chi connectivity index (χ3v) is 3.64. The lowest BCUT2D eigenvalue weighted by molar-refractivity contribution is -0.160. The van der Waals surface area contributed by atoms with Crippen LogP contribution in [0, 0.1) is 17.3 Å². The summed E-state index contributed by atoms with van der Waals surface area (Å²) in [5, 5.41) is 0. The van der Waals surface area contributed by atoms with Gasteiger partial charge in [0, 0.05) is 26.1 Å². The lowest BCUT2D eigenvalue weighted by Crippen LogP contribution is -2.45. The lowest BCUT2D eigenvalue weighted by atomic mass is 9.80. The van der Waals surface area contributed by atoms with Crippen molar-refractivity contribution in [2.45, 2.75) is 34.1 Å². The molecule has 0 aromatic heterocycles. The smallest absolute Gasteiger partial charge is 0.319 e. The molecule has 1 saturated heterocycles. The predicted octanol–water partition coefficient (Wildman–Crippen LogP) is 1.71. The number of methoxy groups -OCH3 is 1. The first-order valence-corrected chi connectivity index (χ1v) is 7.25. The fourth-order valence-corrected chi connectivity index (χ4v) is 2.64. The van der Waals surface area contributed by atoms with Gasteiger partial charge in [0.05, 0.1) is 13.2 Å². The quantitative estimate of drug-likeness (QED) is 0.570. The number of rotatable bonds is 5. The summed E-state index contributed by atoms with van der Waals surface area (Å²) >= 11 is 0. The minimum Gasteiger partial charge on any atom is -0.465 e. The molecule has 0 radical (unpaired) electrons. The van der Waals surface area contributed by atoms with E-state index in [1.54, 1.807) is 18.9 Å². The summed E-state index contributed by atoms with van der Waals surface area (Å²) in [6, 6.07) is 0. The Hall–Kier alpha value is -1.10. The van der Waals surface area contributed by atoms with Gasteiger partial charge in [0.2, 0.25) is 5.91 Å². The second kappa shape index (κ2) is 7.07. The number of carbonyl (C=O) groups is 2. The van der Waals surface area contributed by atoms with E-state index in [4.69, 9.17) is 9.47 Å². The number of hydrogen-bond donors (Lipinski definition) is 0. The van der Waals surface area contributed by atoms with Gasteiger partial charge in [-0.3, -0.25) is 9.59 Å². The normalized spacial score (nSPS) is 20.9. The minimum absolute atomic E-state index is 0.116. The van der Waals surface area contributed by atoms with Crippen LogP contribution < -0.4 is 0 Å². The summed E-state index contributed by atoms with van der Waals surface area (Å²) in [5.41, 5.74) is -0.442. The van der Waals surface area contributed by atoms with Crippen molar-refractivity contribution in [2.75, 3.05) is 33.4 Å². The maximum Gasteiger partial charge on any atom is 0.319 e. The number of nitrogens with zero attached hydrogens (tertiary/aromatic N) is 1. The molecule has 1 heterocycles. The molecular formula is C15H27NO4. The third kappa shape index (κ3) is 4.20. The molecule has 1 aliphatic rings. The monoisotopic (exact) mass is 285 g/mol. The van der Waals surface area contributed by atoms with Crippen LogP contribution in [0.3, 0.4) is 0 Å². The molecule has 0 aromatic rings. The van der Waals surface area contributed by atoms with E-state index >= 15 is 0 Å². The van der Waals surface area contributed by atoms with Crippen LogP contribution in [0.25, 0.3) is 0 Å². The summed E-state index contributed by atoms with van der Waals surface area (Å²) in [6.45, 7) is 9.76. The summed E-state index contributed by atoms with van der Waals surface area (Å²) in [6.07, 6.45) is 0.930. The molecule has 2 atom stereocenters.